The number of benzene rings is 2. The first-order chi connectivity index (χ1) is 15.2. The number of hydrogen-bond donors (Lipinski definition) is 2. The van der Waals surface area contributed by atoms with Gasteiger partial charge in [0.25, 0.3) is 0 Å². The van der Waals surface area contributed by atoms with Gasteiger partial charge in [0, 0.05) is 18.1 Å². The molecule has 7 heteroatoms. The third-order valence-corrected chi connectivity index (χ3v) is 7.05. The maximum Gasteiger partial charge on any atom is 0.358 e. The number of piperidine rings is 2. The predicted octanol–water partition coefficient (Wildman–Crippen LogP) is 3.02. The van der Waals surface area contributed by atoms with Crippen molar-refractivity contribution in [1.29, 1.82) is 0 Å². The van der Waals surface area contributed by atoms with Crippen molar-refractivity contribution in [2.45, 2.75) is 32.2 Å². The Labute approximate surface area is 182 Å². The van der Waals surface area contributed by atoms with E-state index in [1.165, 1.54) is 57.4 Å². The summed E-state index contributed by atoms with van der Waals surface area (Å²) in [5.74, 6) is 4.47. The number of hydrogen-bond acceptors (Lipinski definition) is 6. The molecular formula is C24H29N5O2. The first kappa shape index (κ1) is 20.2. The molecule has 5 rings (SSSR count). The van der Waals surface area contributed by atoms with E-state index in [9.17, 15) is 4.79 Å². The first-order valence-electron chi connectivity index (χ1n) is 11.1. The molecule has 2 saturated heterocycles. The standard InChI is InChI=1S/C24H29N5O2/c25-31-23(30)21-3-1-2-19-17-29(27-22(19)21)20-6-4-18(5-7-20)16-28-14-10-24(11-15-28)8-12-26-13-9-24/h1-7,17,26H,8-16,25H2. The molecule has 0 radical (unpaired) electrons. The smallest absolute Gasteiger partial charge is 0.358 e. The summed E-state index contributed by atoms with van der Waals surface area (Å²) in [6.07, 6.45) is 7.22. The molecule has 3 aromatic rings. The van der Waals surface area contributed by atoms with Gasteiger partial charge >= 0.3 is 5.97 Å². The molecule has 3 N–H and O–H groups in total. The Morgan fingerprint density at radius 1 is 1.06 bits per heavy atom. The normalized spacial score (nSPS) is 19.0. The molecule has 162 valence electrons. The summed E-state index contributed by atoms with van der Waals surface area (Å²) in [5.41, 5.74) is 3.81. The van der Waals surface area contributed by atoms with E-state index in [0.717, 1.165) is 17.6 Å². The van der Waals surface area contributed by atoms with Gasteiger partial charge in [-0.1, -0.05) is 24.3 Å². The van der Waals surface area contributed by atoms with Crippen LogP contribution < -0.4 is 11.2 Å². The molecule has 0 unspecified atom stereocenters. The molecule has 2 fully saturated rings. The quantitative estimate of drug-likeness (QED) is 0.633. The lowest BCUT2D eigenvalue weighted by molar-refractivity contribution is 0.0505. The zero-order chi connectivity index (χ0) is 21.3. The van der Waals surface area contributed by atoms with Crippen molar-refractivity contribution in [3.63, 3.8) is 0 Å². The fourth-order valence-corrected chi connectivity index (χ4v) is 5.06. The second kappa shape index (κ2) is 8.42. The van der Waals surface area contributed by atoms with E-state index < -0.39 is 5.97 Å². The second-order valence-corrected chi connectivity index (χ2v) is 8.91. The van der Waals surface area contributed by atoms with Gasteiger partial charge in [0.2, 0.25) is 0 Å². The largest absolute Gasteiger partial charge is 0.370 e. The van der Waals surface area contributed by atoms with Crippen LogP contribution in [0.5, 0.6) is 0 Å². The summed E-state index contributed by atoms with van der Waals surface area (Å²) in [4.78, 5) is 18.9. The Hall–Kier alpha value is -2.74. The molecule has 7 nitrogen and oxygen atoms in total. The number of carbonyl (C=O) groups excluding carboxylic acids is 1. The van der Waals surface area contributed by atoms with Crippen LogP contribution in [0.15, 0.2) is 48.7 Å². The van der Waals surface area contributed by atoms with Crippen molar-refractivity contribution in [3.05, 3.63) is 59.8 Å². The van der Waals surface area contributed by atoms with Gasteiger partial charge in [0.15, 0.2) is 0 Å². The lowest BCUT2D eigenvalue weighted by atomic mass is 9.71. The Balaban J connectivity index is 1.27. The van der Waals surface area contributed by atoms with Gasteiger partial charge in [-0.25, -0.2) is 9.48 Å². The van der Waals surface area contributed by atoms with Crippen molar-refractivity contribution in [2.75, 3.05) is 26.2 Å². The fraction of sp³-hybridized carbons (Fsp3) is 0.417. The van der Waals surface area contributed by atoms with Crippen LogP contribution in [-0.2, 0) is 11.4 Å². The summed E-state index contributed by atoms with van der Waals surface area (Å²) in [6, 6.07) is 13.9. The number of aromatic nitrogens is 2. The molecule has 1 spiro atoms. The Morgan fingerprint density at radius 2 is 1.81 bits per heavy atom. The highest BCUT2D eigenvalue weighted by molar-refractivity contribution is 6.02. The van der Waals surface area contributed by atoms with Gasteiger partial charge in [-0.3, -0.25) is 4.90 Å². The molecule has 2 aliphatic heterocycles. The van der Waals surface area contributed by atoms with Gasteiger partial charge < -0.3 is 10.2 Å². The third-order valence-electron chi connectivity index (χ3n) is 7.05. The van der Waals surface area contributed by atoms with Crippen molar-refractivity contribution in [3.8, 4) is 5.69 Å². The third kappa shape index (κ3) is 4.08. The molecule has 0 atom stereocenters. The van der Waals surface area contributed by atoms with Crippen LogP contribution in [-0.4, -0.2) is 46.8 Å². The van der Waals surface area contributed by atoms with Crippen LogP contribution in [0.4, 0.5) is 0 Å². The van der Waals surface area contributed by atoms with Gasteiger partial charge in [0.1, 0.15) is 5.52 Å². The minimum Gasteiger partial charge on any atom is -0.370 e. The van der Waals surface area contributed by atoms with Crippen molar-refractivity contribution in [1.82, 2.24) is 20.0 Å². The molecule has 0 saturated carbocycles. The Morgan fingerprint density at radius 3 is 2.52 bits per heavy atom. The number of rotatable bonds is 4. The van der Waals surface area contributed by atoms with E-state index in [2.05, 4.69) is 44.4 Å². The molecule has 0 aliphatic carbocycles. The highest BCUT2D eigenvalue weighted by atomic mass is 16.7. The van der Waals surface area contributed by atoms with Gasteiger partial charge in [-0.05, 0) is 81.0 Å². The van der Waals surface area contributed by atoms with Crippen molar-refractivity contribution in [2.24, 2.45) is 11.3 Å². The van der Waals surface area contributed by atoms with Crippen LogP contribution in [0.1, 0.15) is 41.6 Å². The molecule has 2 aliphatic rings. The second-order valence-electron chi connectivity index (χ2n) is 8.91. The zero-order valence-corrected chi connectivity index (χ0v) is 17.7. The lowest BCUT2D eigenvalue weighted by Crippen LogP contribution is -2.45. The molecule has 0 amide bonds. The van der Waals surface area contributed by atoms with Gasteiger partial charge in [0.05, 0.1) is 11.3 Å². The summed E-state index contributed by atoms with van der Waals surface area (Å²) < 4.78 is 1.80. The average Bonchev–Trinajstić information content (AvgIpc) is 3.26. The van der Waals surface area contributed by atoms with E-state index >= 15 is 0 Å². The van der Waals surface area contributed by atoms with Crippen molar-refractivity contribution < 1.29 is 9.63 Å². The van der Waals surface area contributed by atoms with E-state index in [0.29, 0.717) is 16.5 Å². The van der Waals surface area contributed by atoms with Crippen molar-refractivity contribution >= 4 is 16.9 Å². The minimum atomic E-state index is -0.584. The topological polar surface area (TPSA) is 85.4 Å². The number of nitrogens with zero attached hydrogens (tertiary/aromatic N) is 3. The fourth-order valence-electron chi connectivity index (χ4n) is 5.06. The van der Waals surface area contributed by atoms with E-state index in [1.54, 1.807) is 16.8 Å². The Kier molecular flexibility index (Phi) is 5.48. The van der Waals surface area contributed by atoms with Crippen LogP contribution in [0, 0.1) is 5.41 Å². The SMILES string of the molecule is NOC(=O)c1cccc2cn(-c3ccc(CN4CCC5(CCNCC5)CC4)cc3)nc12. The van der Waals surface area contributed by atoms with E-state index in [-0.39, 0.29) is 0 Å². The summed E-state index contributed by atoms with van der Waals surface area (Å²) >= 11 is 0. The maximum atomic E-state index is 11.9. The van der Waals surface area contributed by atoms with Crippen LogP contribution in [0.2, 0.25) is 0 Å². The summed E-state index contributed by atoms with van der Waals surface area (Å²) in [5, 5.41) is 8.95. The monoisotopic (exact) mass is 419 g/mol. The molecule has 1 aromatic heterocycles. The maximum absolute atomic E-state index is 11.9. The molecular weight excluding hydrogens is 390 g/mol. The van der Waals surface area contributed by atoms with Gasteiger partial charge in [-0.15, -0.1) is 0 Å². The summed E-state index contributed by atoms with van der Waals surface area (Å²) in [7, 11) is 0. The minimum absolute atomic E-state index is 0.368. The lowest BCUT2D eigenvalue weighted by Gasteiger charge is -2.44. The average molecular weight is 420 g/mol. The Bertz CT molecular complexity index is 1060. The molecule has 2 aromatic carbocycles. The van der Waals surface area contributed by atoms with Gasteiger partial charge in [-0.2, -0.15) is 11.0 Å². The highest BCUT2D eigenvalue weighted by Crippen LogP contribution is 2.39. The number of carbonyl (C=O) groups is 1. The van der Waals surface area contributed by atoms with E-state index in [1.807, 2.05) is 12.3 Å². The van der Waals surface area contributed by atoms with Crippen LogP contribution in [0.25, 0.3) is 16.6 Å². The summed E-state index contributed by atoms with van der Waals surface area (Å²) in [6.45, 7) is 5.72. The van der Waals surface area contributed by atoms with Crippen LogP contribution >= 0.6 is 0 Å². The van der Waals surface area contributed by atoms with E-state index in [4.69, 9.17) is 5.90 Å². The number of fused-ring (bicyclic) bond motifs is 1. The first-order valence-corrected chi connectivity index (χ1v) is 11.1. The molecule has 3 heterocycles. The highest BCUT2D eigenvalue weighted by Gasteiger charge is 2.35. The number of likely N-dealkylation sites (tertiary alicyclic amines) is 1. The number of nitrogens with one attached hydrogen (secondary N) is 1. The van der Waals surface area contributed by atoms with Crippen LogP contribution in [0.3, 0.4) is 0 Å². The zero-order valence-electron chi connectivity index (χ0n) is 17.7. The number of nitrogens with two attached hydrogens (primary N) is 1. The molecule has 31 heavy (non-hydrogen) atoms. The molecule has 0 bridgehead atoms. The predicted molar refractivity (Wildman–Crippen MR) is 120 cm³/mol.